The van der Waals surface area contributed by atoms with E-state index in [1.165, 1.54) is 0 Å². The molecule has 1 fully saturated rings. The Hall–Kier alpha value is -3.17. The van der Waals surface area contributed by atoms with E-state index in [-0.39, 0.29) is 5.91 Å². The van der Waals surface area contributed by atoms with Crippen LogP contribution in [0.4, 0.5) is 5.69 Å². The van der Waals surface area contributed by atoms with Crippen LogP contribution in [0.2, 0.25) is 0 Å². The molecule has 2 aromatic rings. The van der Waals surface area contributed by atoms with Gasteiger partial charge >= 0.3 is 11.9 Å². The number of likely N-dealkylation sites (N-methyl/N-ethyl adjacent to an activating group) is 1. The second-order valence-corrected chi connectivity index (χ2v) is 8.70. The number of nitrogens with zero attached hydrogens (tertiary/aromatic N) is 2. The van der Waals surface area contributed by atoms with Gasteiger partial charge in [-0.1, -0.05) is 19.1 Å². The summed E-state index contributed by atoms with van der Waals surface area (Å²) in [7, 11) is 0. The molecule has 0 radical (unpaired) electrons. The molecule has 1 aliphatic carbocycles. The van der Waals surface area contributed by atoms with Gasteiger partial charge in [0.2, 0.25) is 5.91 Å². The Bertz CT molecular complexity index is 1070. The molecule has 0 bridgehead atoms. The third-order valence-electron chi connectivity index (χ3n) is 6.82. The van der Waals surface area contributed by atoms with E-state index in [0.29, 0.717) is 37.2 Å². The maximum absolute atomic E-state index is 12.9. The van der Waals surface area contributed by atoms with Crippen LogP contribution < -0.4 is 5.32 Å². The number of anilines is 1. The SMILES string of the molecule is CCN1CCN(C(C(=O)O)c2c[nH]c3ccc(NC(=O)C4CC=CCC4C(=O)O)cc23)CC1. The number of hydrogen-bond donors (Lipinski definition) is 4. The number of carboxylic acids is 2. The van der Waals surface area contributed by atoms with E-state index in [1.54, 1.807) is 30.5 Å². The van der Waals surface area contributed by atoms with Crippen LogP contribution in [0, 0.1) is 11.8 Å². The van der Waals surface area contributed by atoms with Crippen LogP contribution in [0.5, 0.6) is 0 Å². The van der Waals surface area contributed by atoms with Crippen molar-refractivity contribution in [3.63, 3.8) is 0 Å². The van der Waals surface area contributed by atoms with Crippen LogP contribution in [-0.4, -0.2) is 75.6 Å². The molecular weight excluding hydrogens is 424 g/mol. The van der Waals surface area contributed by atoms with E-state index in [1.807, 2.05) is 11.0 Å². The summed E-state index contributed by atoms with van der Waals surface area (Å²) in [4.78, 5) is 44.1. The van der Waals surface area contributed by atoms with Crippen molar-refractivity contribution >= 4 is 34.4 Å². The van der Waals surface area contributed by atoms with E-state index in [0.717, 1.165) is 30.5 Å². The fraction of sp³-hybridized carbons (Fsp3) is 0.458. The number of aromatic nitrogens is 1. The molecule has 9 heteroatoms. The lowest BCUT2D eigenvalue weighted by atomic mass is 9.82. The maximum Gasteiger partial charge on any atom is 0.325 e. The smallest absolute Gasteiger partial charge is 0.325 e. The highest BCUT2D eigenvalue weighted by Crippen LogP contribution is 2.32. The average Bonchev–Trinajstić information content (AvgIpc) is 3.22. The summed E-state index contributed by atoms with van der Waals surface area (Å²) in [5, 5.41) is 23.1. The summed E-state index contributed by atoms with van der Waals surface area (Å²) < 4.78 is 0. The van der Waals surface area contributed by atoms with Crippen LogP contribution in [0.1, 0.15) is 31.4 Å². The molecule has 2 aliphatic rings. The number of nitrogens with one attached hydrogen (secondary N) is 2. The van der Waals surface area contributed by atoms with E-state index < -0.39 is 29.8 Å². The molecule has 0 spiro atoms. The minimum atomic E-state index is -0.977. The first kappa shape index (κ1) is 23.0. The van der Waals surface area contributed by atoms with Crippen molar-refractivity contribution in [1.29, 1.82) is 0 Å². The number of piperazine rings is 1. The molecule has 1 amide bonds. The Kier molecular flexibility index (Phi) is 6.80. The molecule has 1 aromatic carbocycles. The number of hydrogen-bond acceptors (Lipinski definition) is 5. The number of aromatic amines is 1. The lowest BCUT2D eigenvalue weighted by Crippen LogP contribution is -2.49. The first-order chi connectivity index (χ1) is 15.9. The Labute approximate surface area is 192 Å². The second kappa shape index (κ2) is 9.76. The Morgan fingerprint density at radius 2 is 1.79 bits per heavy atom. The first-order valence-electron chi connectivity index (χ1n) is 11.4. The quantitative estimate of drug-likeness (QED) is 0.474. The molecule has 2 heterocycles. The predicted molar refractivity (Wildman–Crippen MR) is 124 cm³/mol. The van der Waals surface area contributed by atoms with Crippen molar-refractivity contribution in [3.05, 3.63) is 42.1 Å². The zero-order valence-corrected chi connectivity index (χ0v) is 18.7. The number of rotatable bonds is 7. The molecule has 176 valence electrons. The van der Waals surface area contributed by atoms with Crippen molar-refractivity contribution in [2.45, 2.75) is 25.8 Å². The number of carbonyl (C=O) groups is 3. The fourth-order valence-electron chi connectivity index (χ4n) is 4.88. The van der Waals surface area contributed by atoms with Gasteiger partial charge in [0, 0.05) is 54.5 Å². The summed E-state index contributed by atoms with van der Waals surface area (Å²) in [6.07, 6.45) is 6.08. The fourth-order valence-corrected chi connectivity index (χ4v) is 4.88. The highest BCUT2D eigenvalue weighted by atomic mass is 16.4. The normalized spacial score (nSPS) is 22.8. The van der Waals surface area contributed by atoms with Gasteiger partial charge in [0.25, 0.3) is 0 Å². The van der Waals surface area contributed by atoms with Crippen molar-refractivity contribution in [3.8, 4) is 0 Å². The number of fused-ring (bicyclic) bond motifs is 1. The Morgan fingerprint density at radius 3 is 2.42 bits per heavy atom. The number of H-pyrrole nitrogens is 1. The first-order valence-corrected chi connectivity index (χ1v) is 11.4. The molecule has 1 saturated heterocycles. The summed E-state index contributed by atoms with van der Waals surface area (Å²) in [5.41, 5.74) is 1.96. The largest absolute Gasteiger partial charge is 0.481 e. The third kappa shape index (κ3) is 4.79. The number of allylic oxidation sites excluding steroid dienone is 2. The molecule has 0 saturated carbocycles. The van der Waals surface area contributed by atoms with Gasteiger partial charge in [-0.25, -0.2) is 0 Å². The number of carbonyl (C=O) groups excluding carboxylic acids is 1. The number of aliphatic carboxylic acids is 2. The van der Waals surface area contributed by atoms with Crippen molar-refractivity contribution in [2.24, 2.45) is 11.8 Å². The van der Waals surface area contributed by atoms with Gasteiger partial charge in [-0.15, -0.1) is 0 Å². The summed E-state index contributed by atoms with van der Waals surface area (Å²) in [6, 6.07) is 4.53. The standard InChI is InChI=1S/C24H30N4O5/c1-2-27-9-11-28(12-10-27)21(24(32)33)19-14-25-20-8-7-15(13-18(19)20)26-22(29)16-5-3-4-6-17(16)23(30)31/h3-4,7-8,13-14,16-17,21,25H,2,5-6,9-12H2,1H3,(H,26,29)(H,30,31)(H,32,33). The van der Waals surface area contributed by atoms with E-state index in [9.17, 15) is 24.6 Å². The van der Waals surface area contributed by atoms with Crippen molar-refractivity contribution in [1.82, 2.24) is 14.8 Å². The zero-order chi connectivity index (χ0) is 23.5. The molecule has 1 aromatic heterocycles. The van der Waals surface area contributed by atoms with E-state index >= 15 is 0 Å². The molecule has 1 aliphatic heterocycles. The monoisotopic (exact) mass is 454 g/mol. The van der Waals surface area contributed by atoms with Gasteiger partial charge in [-0.2, -0.15) is 0 Å². The molecule has 4 rings (SSSR count). The summed E-state index contributed by atoms with van der Waals surface area (Å²) >= 11 is 0. The van der Waals surface area contributed by atoms with Crippen LogP contribution >= 0.6 is 0 Å². The zero-order valence-electron chi connectivity index (χ0n) is 18.7. The van der Waals surface area contributed by atoms with Crippen LogP contribution in [0.3, 0.4) is 0 Å². The van der Waals surface area contributed by atoms with E-state index in [4.69, 9.17) is 0 Å². The second-order valence-electron chi connectivity index (χ2n) is 8.70. The minimum absolute atomic E-state index is 0.333. The molecular formula is C24H30N4O5. The van der Waals surface area contributed by atoms with Gasteiger partial charge in [0.1, 0.15) is 6.04 Å². The van der Waals surface area contributed by atoms with Crippen molar-refractivity contribution < 1.29 is 24.6 Å². The Morgan fingerprint density at radius 1 is 1.09 bits per heavy atom. The van der Waals surface area contributed by atoms with Gasteiger partial charge in [0.05, 0.1) is 11.8 Å². The topological polar surface area (TPSA) is 126 Å². The predicted octanol–water partition coefficient (Wildman–Crippen LogP) is 2.54. The van der Waals surface area contributed by atoms with E-state index in [2.05, 4.69) is 22.1 Å². The molecule has 33 heavy (non-hydrogen) atoms. The summed E-state index contributed by atoms with van der Waals surface area (Å²) in [5.74, 6) is -3.62. The Balaban J connectivity index is 1.58. The van der Waals surface area contributed by atoms with Crippen molar-refractivity contribution in [2.75, 3.05) is 38.0 Å². The van der Waals surface area contributed by atoms with Gasteiger partial charge in [0.15, 0.2) is 0 Å². The van der Waals surface area contributed by atoms with Gasteiger partial charge in [-0.05, 0) is 37.6 Å². The van der Waals surface area contributed by atoms with Gasteiger partial charge in [-0.3, -0.25) is 19.3 Å². The number of benzene rings is 1. The van der Waals surface area contributed by atoms with Crippen LogP contribution in [0.25, 0.3) is 10.9 Å². The number of carboxylic acid groups (broad SMARTS) is 2. The third-order valence-corrected chi connectivity index (χ3v) is 6.82. The highest BCUT2D eigenvalue weighted by molar-refractivity contribution is 5.98. The molecule has 9 nitrogen and oxygen atoms in total. The number of amides is 1. The molecule has 3 unspecified atom stereocenters. The van der Waals surface area contributed by atoms with Crippen LogP contribution in [0.15, 0.2) is 36.5 Å². The highest BCUT2D eigenvalue weighted by Gasteiger charge is 2.34. The average molecular weight is 455 g/mol. The lowest BCUT2D eigenvalue weighted by Gasteiger charge is -2.37. The van der Waals surface area contributed by atoms with Crippen LogP contribution in [-0.2, 0) is 14.4 Å². The minimum Gasteiger partial charge on any atom is -0.481 e. The van der Waals surface area contributed by atoms with Gasteiger partial charge < -0.3 is 25.4 Å². The lowest BCUT2D eigenvalue weighted by molar-refractivity contribution is -0.146. The molecule has 4 N–H and O–H groups in total. The molecule has 3 atom stereocenters. The maximum atomic E-state index is 12.9. The summed E-state index contributed by atoms with van der Waals surface area (Å²) in [6.45, 7) is 6.03.